The van der Waals surface area contributed by atoms with E-state index >= 15 is 0 Å². The molecule has 0 aliphatic rings. The average Bonchev–Trinajstić information content (AvgIpc) is 2.96. The highest BCUT2D eigenvalue weighted by Crippen LogP contribution is 2.27. The number of aromatic nitrogens is 1. The molecule has 0 spiro atoms. The quantitative estimate of drug-likeness (QED) is 0.701. The molecule has 0 bridgehead atoms. The van der Waals surface area contributed by atoms with Gasteiger partial charge < -0.3 is 4.74 Å². The SMILES string of the molecule is CCOC(=O)c1ccc2nc(NC(=O)c3ccc(Cl)cc3)sc2c1. The van der Waals surface area contributed by atoms with Crippen LogP contribution in [-0.4, -0.2) is 23.5 Å². The highest BCUT2D eigenvalue weighted by atomic mass is 35.5. The van der Waals surface area contributed by atoms with Gasteiger partial charge in [0.1, 0.15) is 0 Å². The Morgan fingerprint density at radius 2 is 1.88 bits per heavy atom. The molecule has 2 aromatic carbocycles. The largest absolute Gasteiger partial charge is 0.462 e. The lowest BCUT2D eigenvalue weighted by Crippen LogP contribution is -2.11. The summed E-state index contributed by atoms with van der Waals surface area (Å²) in [7, 11) is 0. The van der Waals surface area contributed by atoms with E-state index in [-0.39, 0.29) is 11.9 Å². The van der Waals surface area contributed by atoms with E-state index in [2.05, 4.69) is 10.3 Å². The first-order chi connectivity index (χ1) is 11.6. The third kappa shape index (κ3) is 3.55. The molecule has 1 N–H and O–H groups in total. The van der Waals surface area contributed by atoms with E-state index in [1.54, 1.807) is 49.4 Å². The fraction of sp³-hybridized carbons (Fsp3) is 0.118. The zero-order valence-corrected chi connectivity index (χ0v) is 14.3. The maximum Gasteiger partial charge on any atom is 0.338 e. The molecule has 122 valence electrons. The first kappa shape index (κ1) is 16.4. The molecule has 0 aliphatic heterocycles. The lowest BCUT2D eigenvalue weighted by atomic mass is 10.2. The van der Waals surface area contributed by atoms with Crippen molar-refractivity contribution < 1.29 is 14.3 Å². The number of carbonyl (C=O) groups is 2. The molecule has 0 atom stereocenters. The van der Waals surface area contributed by atoms with Crippen molar-refractivity contribution in [2.75, 3.05) is 11.9 Å². The van der Waals surface area contributed by atoms with Gasteiger partial charge in [-0.15, -0.1) is 0 Å². The number of fused-ring (bicyclic) bond motifs is 1. The van der Waals surface area contributed by atoms with Crippen LogP contribution in [0.4, 0.5) is 5.13 Å². The number of amides is 1. The predicted octanol–water partition coefficient (Wildman–Crippen LogP) is 4.38. The topological polar surface area (TPSA) is 68.3 Å². The second-order valence-corrected chi connectivity index (χ2v) is 6.35. The maximum absolute atomic E-state index is 12.2. The van der Waals surface area contributed by atoms with Crippen molar-refractivity contribution in [2.24, 2.45) is 0 Å². The smallest absolute Gasteiger partial charge is 0.338 e. The van der Waals surface area contributed by atoms with Gasteiger partial charge in [0.2, 0.25) is 0 Å². The fourth-order valence-corrected chi connectivity index (χ4v) is 3.12. The minimum Gasteiger partial charge on any atom is -0.462 e. The van der Waals surface area contributed by atoms with Crippen LogP contribution in [0.5, 0.6) is 0 Å². The van der Waals surface area contributed by atoms with Crippen LogP contribution < -0.4 is 5.32 Å². The second-order valence-electron chi connectivity index (χ2n) is 4.88. The summed E-state index contributed by atoms with van der Waals surface area (Å²) in [5, 5.41) is 3.78. The number of hydrogen-bond donors (Lipinski definition) is 1. The van der Waals surface area contributed by atoms with Crippen molar-refractivity contribution in [2.45, 2.75) is 6.92 Å². The number of nitrogens with one attached hydrogen (secondary N) is 1. The molecular weight excluding hydrogens is 348 g/mol. The van der Waals surface area contributed by atoms with E-state index in [0.717, 1.165) is 4.70 Å². The van der Waals surface area contributed by atoms with Crippen molar-refractivity contribution in [1.82, 2.24) is 4.98 Å². The maximum atomic E-state index is 12.2. The standard InChI is InChI=1S/C17H13ClN2O3S/c1-2-23-16(22)11-5-8-13-14(9-11)24-17(19-13)20-15(21)10-3-6-12(18)7-4-10/h3-9H,2H2,1H3,(H,19,20,21). The van der Waals surface area contributed by atoms with Crippen LogP contribution >= 0.6 is 22.9 Å². The molecule has 1 amide bonds. The minimum atomic E-state index is -0.375. The highest BCUT2D eigenvalue weighted by Gasteiger charge is 2.12. The molecular formula is C17H13ClN2O3S. The summed E-state index contributed by atoms with van der Waals surface area (Å²) in [4.78, 5) is 28.3. The van der Waals surface area contributed by atoms with Gasteiger partial charge in [-0.3, -0.25) is 10.1 Å². The molecule has 3 aromatic rings. The zero-order chi connectivity index (χ0) is 17.1. The molecule has 0 radical (unpaired) electrons. The lowest BCUT2D eigenvalue weighted by molar-refractivity contribution is 0.0526. The van der Waals surface area contributed by atoms with Crippen LogP contribution in [0.15, 0.2) is 42.5 Å². The first-order valence-electron chi connectivity index (χ1n) is 7.21. The Balaban J connectivity index is 1.81. The molecule has 1 aromatic heterocycles. The summed E-state index contributed by atoms with van der Waals surface area (Å²) >= 11 is 7.11. The third-order valence-corrected chi connectivity index (χ3v) is 4.41. The van der Waals surface area contributed by atoms with Crippen LogP contribution in [-0.2, 0) is 4.74 Å². The lowest BCUT2D eigenvalue weighted by Gasteiger charge is -2.01. The zero-order valence-electron chi connectivity index (χ0n) is 12.7. The molecule has 0 saturated carbocycles. The predicted molar refractivity (Wildman–Crippen MR) is 95.0 cm³/mol. The number of thiazole rings is 1. The summed E-state index contributed by atoms with van der Waals surface area (Å²) in [6.45, 7) is 2.08. The Bertz CT molecular complexity index is 906. The summed E-state index contributed by atoms with van der Waals surface area (Å²) in [6.07, 6.45) is 0. The van der Waals surface area contributed by atoms with Crippen LogP contribution in [0.2, 0.25) is 5.02 Å². The Morgan fingerprint density at radius 3 is 2.58 bits per heavy atom. The number of carbonyl (C=O) groups excluding carboxylic acids is 2. The summed E-state index contributed by atoms with van der Waals surface area (Å²) in [5.41, 5.74) is 1.66. The Morgan fingerprint density at radius 1 is 1.17 bits per heavy atom. The van der Waals surface area contributed by atoms with Crippen LogP contribution in [0, 0.1) is 0 Å². The van der Waals surface area contributed by atoms with Crippen LogP contribution in [0.1, 0.15) is 27.6 Å². The van der Waals surface area contributed by atoms with Gasteiger partial charge in [-0.25, -0.2) is 9.78 Å². The summed E-state index contributed by atoms with van der Waals surface area (Å²) in [6, 6.07) is 11.7. The summed E-state index contributed by atoms with van der Waals surface area (Å²) < 4.78 is 5.78. The molecule has 0 fully saturated rings. The monoisotopic (exact) mass is 360 g/mol. The molecule has 0 saturated heterocycles. The molecule has 0 unspecified atom stereocenters. The molecule has 1 heterocycles. The van der Waals surface area contributed by atoms with Gasteiger partial charge in [-0.1, -0.05) is 22.9 Å². The fourth-order valence-electron chi connectivity index (χ4n) is 2.09. The Kier molecular flexibility index (Phi) is 4.78. The van der Waals surface area contributed by atoms with Gasteiger partial charge in [-0.05, 0) is 49.4 Å². The normalized spacial score (nSPS) is 10.6. The van der Waals surface area contributed by atoms with E-state index in [1.165, 1.54) is 11.3 Å². The number of nitrogens with zero attached hydrogens (tertiary/aromatic N) is 1. The number of halogens is 1. The average molecular weight is 361 g/mol. The number of rotatable bonds is 4. The van der Waals surface area contributed by atoms with Gasteiger partial charge in [0.15, 0.2) is 5.13 Å². The van der Waals surface area contributed by atoms with E-state index in [1.807, 2.05) is 0 Å². The molecule has 5 nitrogen and oxygen atoms in total. The number of ether oxygens (including phenoxy) is 1. The van der Waals surface area contributed by atoms with Gasteiger partial charge in [-0.2, -0.15) is 0 Å². The molecule has 7 heteroatoms. The van der Waals surface area contributed by atoms with Gasteiger partial charge in [0, 0.05) is 10.6 Å². The van der Waals surface area contributed by atoms with E-state index in [0.29, 0.717) is 33.4 Å². The van der Waals surface area contributed by atoms with E-state index < -0.39 is 0 Å². The van der Waals surface area contributed by atoms with Crippen molar-refractivity contribution in [3.8, 4) is 0 Å². The number of benzene rings is 2. The Hall–Kier alpha value is -2.44. The van der Waals surface area contributed by atoms with Crippen LogP contribution in [0.25, 0.3) is 10.2 Å². The highest BCUT2D eigenvalue weighted by molar-refractivity contribution is 7.22. The van der Waals surface area contributed by atoms with Crippen molar-refractivity contribution >= 4 is 50.2 Å². The summed E-state index contributed by atoms with van der Waals surface area (Å²) in [5.74, 6) is -0.643. The van der Waals surface area contributed by atoms with Gasteiger partial charge in [0.25, 0.3) is 5.91 Å². The molecule has 3 rings (SSSR count). The van der Waals surface area contributed by atoms with Crippen molar-refractivity contribution in [1.29, 1.82) is 0 Å². The van der Waals surface area contributed by atoms with Crippen molar-refractivity contribution in [3.63, 3.8) is 0 Å². The van der Waals surface area contributed by atoms with E-state index in [4.69, 9.17) is 16.3 Å². The first-order valence-corrected chi connectivity index (χ1v) is 8.41. The van der Waals surface area contributed by atoms with Gasteiger partial charge >= 0.3 is 5.97 Å². The van der Waals surface area contributed by atoms with Gasteiger partial charge in [0.05, 0.1) is 22.4 Å². The Labute approximate surface area is 147 Å². The molecule has 0 aliphatic carbocycles. The molecule has 24 heavy (non-hydrogen) atoms. The van der Waals surface area contributed by atoms with E-state index in [9.17, 15) is 9.59 Å². The van der Waals surface area contributed by atoms with Crippen LogP contribution in [0.3, 0.4) is 0 Å². The number of esters is 1. The minimum absolute atomic E-state index is 0.267. The third-order valence-electron chi connectivity index (χ3n) is 3.23. The number of hydrogen-bond acceptors (Lipinski definition) is 5. The van der Waals surface area contributed by atoms with Crippen molar-refractivity contribution in [3.05, 3.63) is 58.6 Å². The number of anilines is 1. The second kappa shape index (κ2) is 6.98.